The van der Waals surface area contributed by atoms with E-state index in [0.29, 0.717) is 11.5 Å². The van der Waals surface area contributed by atoms with E-state index in [1.807, 2.05) is 18.7 Å². The summed E-state index contributed by atoms with van der Waals surface area (Å²) in [5.41, 5.74) is 3.04. The second-order valence-electron chi connectivity index (χ2n) is 6.68. The fourth-order valence-corrected chi connectivity index (χ4v) is 3.15. The quantitative estimate of drug-likeness (QED) is 0.911. The Bertz CT molecular complexity index is 557. The molecule has 106 valence electrons. The summed E-state index contributed by atoms with van der Waals surface area (Å²) < 4.78 is 2.10. The van der Waals surface area contributed by atoms with E-state index < -0.39 is 0 Å². The highest BCUT2D eigenvalue weighted by Crippen LogP contribution is 2.38. The van der Waals surface area contributed by atoms with Crippen LogP contribution in [0.15, 0.2) is 43.0 Å². The van der Waals surface area contributed by atoms with Crippen LogP contribution >= 0.6 is 0 Å². The molecule has 2 aromatic rings. The van der Waals surface area contributed by atoms with Crippen LogP contribution < -0.4 is 5.32 Å². The van der Waals surface area contributed by atoms with Gasteiger partial charge in [-0.15, -0.1) is 0 Å². The van der Waals surface area contributed by atoms with Crippen LogP contribution in [-0.2, 0) is 6.54 Å². The number of nitrogens with zero attached hydrogens (tertiary/aromatic N) is 2. The first-order valence-electron chi connectivity index (χ1n) is 7.42. The van der Waals surface area contributed by atoms with E-state index in [0.717, 1.165) is 6.54 Å². The third-order valence-corrected chi connectivity index (χ3v) is 4.19. The van der Waals surface area contributed by atoms with E-state index in [1.165, 1.54) is 30.5 Å². The summed E-state index contributed by atoms with van der Waals surface area (Å²) in [6.45, 7) is 5.61. The van der Waals surface area contributed by atoms with Crippen LogP contribution in [0.25, 0.3) is 0 Å². The first-order chi connectivity index (χ1) is 9.61. The number of anilines is 1. The molecule has 3 rings (SSSR count). The molecule has 20 heavy (non-hydrogen) atoms. The third-order valence-electron chi connectivity index (χ3n) is 4.19. The Morgan fingerprint density at radius 3 is 3.00 bits per heavy atom. The van der Waals surface area contributed by atoms with Crippen molar-refractivity contribution in [3.63, 3.8) is 0 Å². The van der Waals surface area contributed by atoms with Crippen molar-refractivity contribution >= 4 is 5.69 Å². The van der Waals surface area contributed by atoms with Gasteiger partial charge in [-0.2, -0.15) is 0 Å². The maximum Gasteiger partial charge on any atom is 0.0949 e. The number of rotatable bonds is 4. The number of hydrogen-bond donors (Lipinski definition) is 1. The molecule has 0 spiro atoms. The molecule has 1 fully saturated rings. The molecule has 1 aromatic carbocycles. The molecule has 3 heteroatoms. The highest BCUT2D eigenvalue weighted by molar-refractivity contribution is 5.46. The molecule has 0 bridgehead atoms. The van der Waals surface area contributed by atoms with Crippen molar-refractivity contribution in [2.24, 2.45) is 5.41 Å². The van der Waals surface area contributed by atoms with E-state index in [1.54, 1.807) is 0 Å². The fourth-order valence-electron chi connectivity index (χ4n) is 3.15. The molecule has 1 unspecified atom stereocenters. The van der Waals surface area contributed by atoms with Crippen molar-refractivity contribution in [2.45, 2.75) is 45.7 Å². The van der Waals surface area contributed by atoms with Gasteiger partial charge in [-0.3, -0.25) is 0 Å². The first-order valence-corrected chi connectivity index (χ1v) is 7.42. The second kappa shape index (κ2) is 5.31. The first kappa shape index (κ1) is 13.2. The van der Waals surface area contributed by atoms with Crippen LogP contribution in [0.3, 0.4) is 0 Å². The average Bonchev–Trinajstić information content (AvgIpc) is 3.00. The van der Waals surface area contributed by atoms with Gasteiger partial charge in [0, 0.05) is 30.7 Å². The van der Waals surface area contributed by atoms with Gasteiger partial charge in [-0.05, 0) is 42.4 Å². The van der Waals surface area contributed by atoms with Crippen LogP contribution in [0.2, 0.25) is 0 Å². The van der Waals surface area contributed by atoms with Crippen molar-refractivity contribution in [3.8, 4) is 0 Å². The summed E-state index contributed by atoms with van der Waals surface area (Å²) in [6, 6.07) is 9.35. The third kappa shape index (κ3) is 3.21. The zero-order valence-electron chi connectivity index (χ0n) is 12.3. The predicted octanol–water partition coefficient (Wildman–Crippen LogP) is 3.92. The number of imidazole rings is 1. The lowest BCUT2D eigenvalue weighted by atomic mass is 9.92. The minimum atomic E-state index is 0.492. The van der Waals surface area contributed by atoms with E-state index in [2.05, 4.69) is 53.0 Å². The predicted molar refractivity (Wildman–Crippen MR) is 82.8 cm³/mol. The van der Waals surface area contributed by atoms with Crippen molar-refractivity contribution in [2.75, 3.05) is 5.32 Å². The van der Waals surface area contributed by atoms with Crippen LogP contribution in [0, 0.1) is 5.41 Å². The van der Waals surface area contributed by atoms with E-state index in [-0.39, 0.29) is 0 Å². The largest absolute Gasteiger partial charge is 0.382 e. The lowest BCUT2D eigenvalue weighted by Crippen LogP contribution is -2.17. The molecule has 1 aliphatic carbocycles. The zero-order chi connectivity index (χ0) is 14.0. The van der Waals surface area contributed by atoms with E-state index >= 15 is 0 Å². The Labute approximate surface area is 121 Å². The molecule has 1 heterocycles. The van der Waals surface area contributed by atoms with Gasteiger partial charge in [0.05, 0.1) is 6.33 Å². The smallest absolute Gasteiger partial charge is 0.0949 e. The minimum absolute atomic E-state index is 0.492. The molecule has 0 aliphatic heterocycles. The van der Waals surface area contributed by atoms with Gasteiger partial charge in [0.2, 0.25) is 0 Å². The molecule has 1 aromatic heterocycles. The van der Waals surface area contributed by atoms with Gasteiger partial charge in [-0.25, -0.2) is 4.98 Å². The fraction of sp³-hybridized carbons (Fsp3) is 0.471. The maximum atomic E-state index is 4.09. The molecule has 1 N–H and O–H groups in total. The van der Waals surface area contributed by atoms with E-state index in [4.69, 9.17) is 0 Å². The van der Waals surface area contributed by atoms with Gasteiger partial charge in [0.1, 0.15) is 0 Å². The van der Waals surface area contributed by atoms with Crippen LogP contribution in [0.4, 0.5) is 5.69 Å². The van der Waals surface area contributed by atoms with Gasteiger partial charge < -0.3 is 9.88 Å². The van der Waals surface area contributed by atoms with E-state index in [9.17, 15) is 0 Å². The molecule has 1 atom stereocenters. The normalized spacial score (nSPS) is 21.0. The molecule has 1 aliphatic rings. The van der Waals surface area contributed by atoms with Gasteiger partial charge in [-0.1, -0.05) is 26.0 Å². The SMILES string of the molecule is CC1(C)CCC(Nc2cccc(Cn3ccnc3)c2)C1. The summed E-state index contributed by atoms with van der Waals surface area (Å²) in [6.07, 6.45) is 9.54. The van der Waals surface area contributed by atoms with Crippen LogP contribution in [0.5, 0.6) is 0 Å². The van der Waals surface area contributed by atoms with Crippen LogP contribution in [-0.4, -0.2) is 15.6 Å². The molecule has 0 amide bonds. The topological polar surface area (TPSA) is 29.9 Å². The van der Waals surface area contributed by atoms with Crippen molar-refractivity contribution in [3.05, 3.63) is 48.5 Å². The highest BCUT2D eigenvalue weighted by atomic mass is 15.0. The summed E-state index contributed by atoms with van der Waals surface area (Å²) in [4.78, 5) is 4.09. The Kier molecular flexibility index (Phi) is 3.51. The molecular weight excluding hydrogens is 246 g/mol. The van der Waals surface area contributed by atoms with Crippen molar-refractivity contribution in [1.82, 2.24) is 9.55 Å². The summed E-state index contributed by atoms with van der Waals surface area (Å²) >= 11 is 0. The van der Waals surface area contributed by atoms with Crippen LogP contribution in [0.1, 0.15) is 38.7 Å². The lowest BCUT2D eigenvalue weighted by molar-refractivity contribution is 0.378. The number of benzene rings is 1. The molecule has 0 saturated heterocycles. The highest BCUT2D eigenvalue weighted by Gasteiger charge is 2.30. The van der Waals surface area contributed by atoms with Gasteiger partial charge in [0.25, 0.3) is 0 Å². The maximum absolute atomic E-state index is 4.09. The number of aromatic nitrogens is 2. The Morgan fingerprint density at radius 2 is 2.30 bits per heavy atom. The number of hydrogen-bond acceptors (Lipinski definition) is 2. The van der Waals surface area contributed by atoms with Crippen molar-refractivity contribution in [1.29, 1.82) is 0 Å². The monoisotopic (exact) mass is 269 g/mol. The van der Waals surface area contributed by atoms with Gasteiger partial charge in [0.15, 0.2) is 0 Å². The Hall–Kier alpha value is -1.77. The van der Waals surface area contributed by atoms with Gasteiger partial charge >= 0.3 is 0 Å². The zero-order valence-corrected chi connectivity index (χ0v) is 12.3. The second-order valence-corrected chi connectivity index (χ2v) is 6.68. The average molecular weight is 269 g/mol. The number of nitrogens with one attached hydrogen (secondary N) is 1. The summed E-state index contributed by atoms with van der Waals surface area (Å²) in [5, 5.41) is 3.69. The molecular formula is C17H23N3. The summed E-state index contributed by atoms with van der Waals surface area (Å²) in [7, 11) is 0. The Balaban J connectivity index is 1.66. The standard InChI is InChI=1S/C17H23N3/c1-17(2)7-6-16(11-17)19-15-5-3-4-14(10-15)12-20-9-8-18-13-20/h3-5,8-10,13,16,19H,6-7,11-12H2,1-2H3. The molecule has 0 radical (unpaired) electrons. The lowest BCUT2D eigenvalue weighted by Gasteiger charge is -2.19. The Morgan fingerprint density at radius 1 is 1.40 bits per heavy atom. The molecule has 3 nitrogen and oxygen atoms in total. The molecule has 1 saturated carbocycles. The van der Waals surface area contributed by atoms with Crippen molar-refractivity contribution < 1.29 is 0 Å². The summed E-state index contributed by atoms with van der Waals surface area (Å²) in [5.74, 6) is 0. The minimum Gasteiger partial charge on any atom is -0.382 e.